The maximum absolute atomic E-state index is 12.9. The minimum atomic E-state index is 0.212. The van der Waals surface area contributed by atoms with Crippen molar-refractivity contribution in [3.05, 3.63) is 53.7 Å². The number of carbonyl (C=O) groups is 1. The number of nitrogens with one attached hydrogen (secondary N) is 1. The van der Waals surface area contributed by atoms with Gasteiger partial charge in [-0.15, -0.1) is 0 Å². The number of imidazole rings is 1. The van der Waals surface area contributed by atoms with E-state index in [4.69, 9.17) is 0 Å². The van der Waals surface area contributed by atoms with Crippen molar-refractivity contribution in [3.63, 3.8) is 0 Å². The topological polar surface area (TPSA) is 53.9 Å². The van der Waals surface area contributed by atoms with Gasteiger partial charge in [-0.05, 0) is 43.9 Å². The van der Waals surface area contributed by atoms with Gasteiger partial charge in [0.15, 0.2) is 0 Å². The highest BCUT2D eigenvalue weighted by atomic mass is 16.2. The number of aryl methyl sites for hydroxylation is 2. The largest absolute Gasteiger partial charge is 0.361 e. The van der Waals surface area contributed by atoms with Crippen LogP contribution < -0.4 is 0 Å². The Balaban J connectivity index is 1.49. The van der Waals surface area contributed by atoms with E-state index in [9.17, 15) is 4.79 Å². The van der Waals surface area contributed by atoms with E-state index in [1.165, 1.54) is 5.56 Å². The molecule has 3 heterocycles. The van der Waals surface area contributed by atoms with Gasteiger partial charge in [-0.25, -0.2) is 4.98 Å². The van der Waals surface area contributed by atoms with Crippen LogP contribution in [0.2, 0.25) is 0 Å². The van der Waals surface area contributed by atoms with Crippen LogP contribution in [0.4, 0.5) is 0 Å². The zero-order chi connectivity index (χ0) is 17.4. The lowest BCUT2D eigenvalue weighted by Crippen LogP contribution is -2.41. The van der Waals surface area contributed by atoms with Gasteiger partial charge in [-0.1, -0.05) is 12.1 Å². The Kier molecular flexibility index (Phi) is 4.07. The average Bonchev–Trinajstić information content (AvgIpc) is 3.21. The molecule has 1 aliphatic heterocycles. The molecule has 0 radical (unpaired) electrons. The molecule has 1 atom stereocenters. The molecular formula is C20H24N4O. The third-order valence-corrected chi connectivity index (χ3v) is 5.27. The standard InChI is InChI=1S/C20H24N4O/c1-14-5-6-18-16(12-22-19(18)10-14)11-20(25)23-8-3-4-17(13-23)24-9-7-21-15(24)2/h5-7,9-10,12,17,22H,3-4,8,11,13H2,1-2H3/t17-/m1/s1. The van der Waals surface area contributed by atoms with Crippen molar-refractivity contribution < 1.29 is 4.79 Å². The van der Waals surface area contributed by atoms with Crippen molar-refractivity contribution in [2.75, 3.05) is 13.1 Å². The van der Waals surface area contributed by atoms with Crippen molar-refractivity contribution in [2.45, 2.75) is 39.2 Å². The molecule has 1 N–H and O–H groups in total. The summed E-state index contributed by atoms with van der Waals surface area (Å²) in [6, 6.07) is 6.67. The van der Waals surface area contributed by atoms with E-state index in [-0.39, 0.29) is 5.91 Å². The number of aromatic nitrogens is 3. The highest BCUT2D eigenvalue weighted by molar-refractivity contribution is 5.89. The summed E-state index contributed by atoms with van der Waals surface area (Å²) in [4.78, 5) is 22.5. The van der Waals surface area contributed by atoms with Gasteiger partial charge >= 0.3 is 0 Å². The molecule has 0 unspecified atom stereocenters. The fourth-order valence-corrected chi connectivity index (χ4v) is 3.90. The molecule has 3 aromatic rings. The molecule has 2 aromatic heterocycles. The molecule has 0 saturated carbocycles. The van der Waals surface area contributed by atoms with Crippen LogP contribution >= 0.6 is 0 Å². The van der Waals surface area contributed by atoms with Crippen LogP contribution in [-0.4, -0.2) is 38.4 Å². The number of piperidine rings is 1. The van der Waals surface area contributed by atoms with Crippen molar-refractivity contribution >= 4 is 16.8 Å². The maximum atomic E-state index is 12.9. The lowest BCUT2D eigenvalue weighted by atomic mass is 10.0. The number of rotatable bonds is 3. The van der Waals surface area contributed by atoms with Gasteiger partial charge in [0.1, 0.15) is 5.82 Å². The Morgan fingerprint density at radius 3 is 3.04 bits per heavy atom. The molecule has 0 spiro atoms. The van der Waals surface area contributed by atoms with Gasteiger partial charge in [0.05, 0.1) is 12.5 Å². The normalized spacial score (nSPS) is 18.0. The van der Waals surface area contributed by atoms with Crippen LogP contribution in [-0.2, 0) is 11.2 Å². The first-order valence-corrected chi connectivity index (χ1v) is 8.95. The van der Waals surface area contributed by atoms with E-state index in [1.807, 2.05) is 30.4 Å². The zero-order valence-electron chi connectivity index (χ0n) is 14.8. The average molecular weight is 336 g/mol. The summed E-state index contributed by atoms with van der Waals surface area (Å²) in [5.41, 5.74) is 3.41. The molecule has 0 bridgehead atoms. The molecule has 4 rings (SSSR count). The molecule has 130 valence electrons. The first-order valence-electron chi connectivity index (χ1n) is 8.95. The van der Waals surface area contributed by atoms with E-state index in [0.717, 1.165) is 48.2 Å². The van der Waals surface area contributed by atoms with E-state index in [0.29, 0.717) is 12.5 Å². The van der Waals surface area contributed by atoms with Crippen molar-refractivity contribution in [1.29, 1.82) is 0 Å². The van der Waals surface area contributed by atoms with Gasteiger partial charge in [0, 0.05) is 42.6 Å². The third kappa shape index (κ3) is 3.06. The van der Waals surface area contributed by atoms with Gasteiger partial charge in [0.2, 0.25) is 5.91 Å². The molecule has 1 aromatic carbocycles. The molecule has 1 saturated heterocycles. The first-order chi connectivity index (χ1) is 12.1. The van der Waals surface area contributed by atoms with Crippen LogP contribution in [0.5, 0.6) is 0 Å². The number of H-pyrrole nitrogens is 1. The smallest absolute Gasteiger partial charge is 0.227 e. The van der Waals surface area contributed by atoms with Gasteiger partial charge < -0.3 is 14.5 Å². The molecule has 1 amide bonds. The lowest BCUT2D eigenvalue weighted by Gasteiger charge is -2.34. The summed E-state index contributed by atoms with van der Waals surface area (Å²) < 4.78 is 2.20. The number of carbonyl (C=O) groups excluding carboxylic acids is 1. The summed E-state index contributed by atoms with van der Waals surface area (Å²) >= 11 is 0. The Labute approximate surface area is 147 Å². The maximum Gasteiger partial charge on any atom is 0.227 e. The van der Waals surface area contributed by atoms with Gasteiger partial charge in [-0.3, -0.25) is 4.79 Å². The molecule has 5 heteroatoms. The van der Waals surface area contributed by atoms with Crippen LogP contribution in [0, 0.1) is 13.8 Å². The highest BCUT2D eigenvalue weighted by Gasteiger charge is 2.25. The van der Waals surface area contributed by atoms with E-state index in [2.05, 4.69) is 39.7 Å². The predicted molar refractivity (Wildman–Crippen MR) is 98.6 cm³/mol. The Morgan fingerprint density at radius 1 is 1.36 bits per heavy atom. The monoisotopic (exact) mass is 336 g/mol. The summed E-state index contributed by atoms with van der Waals surface area (Å²) in [5.74, 6) is 1.23. The summed E-state index contributed by atoms with van der Waals surface area (Å²) in [6.45, 7) is 5.73. The molecule has 25 heavy (non-hydrogen) atoms. The second kappa shape index (κ2) is 6.39. The van der Waals surface area contributed by atoms with Crippen LogP contribution in [0.3, 0.4) is 0 Å². The van der Waals surface area contributed by atoms with E-state index >= 15 is 0 Å². The molecular weight excluding hydrogens is 312 g/mol. The van der Waals surface area contributed by atoms with Crippen molar-refractivity contribution in [2.24, 2.45) is 0 Å². The van der Waals surface area contributed by atoms with Gasteiger partial charge in [-0.2, -0.15) is 0 Å². The number of fused-ring (bicyclic) bond motifs is 1. The Hall–Kier alpha value is -2.56. The number of likely N-dealkylation sites (tertiary alicyclic amines) is 1. The number of hydrogen-bond acceptors (Lipinski definition) is 2. The highest BCUT2D eigenvalue weighted by Crippen LogP contribution is 2.25. The SMILES string of the molecule is Cc1ccc2c(CC(=O)N3CCC[C@@H](n4ccnc4C)C3)c[nH]c2c1. The summed E-state index contributed by atoms with van der Waals surface area (Å²) in [7, 11) is 0. The van der Waals surface area contributed by atoms with E-state index < -0.39 is 0 Å². The van der Waals surface area contributed by atoms with Crippen LogP contribution in [0.25, 0.3) is 10.9 Å². The third-order valence-electron chi connectivity index (χ3n) is 5.27. The number of benzene rings is 1. The summed E-state index contributed by atoms with van der Waals surface area (Å²) in [6.07, 6.45) is 8.44. The second-order valence-electron chi connectivity index (χ2n) is 7.06. The van der Waals surface area contributed by atoms with E-state index in [1.54, 1.807) is 0 Å². The Bertz CT molecular complexity index is 907. The molecule has 0 aliphatic carbocycles. The fraction of sp³-hybridized carbons (Fsp3) is 0.400. The van der Waals surface area contributed by atoms with Gasteiger partial charge in [0.25, 0.3) is 0 Å². The minimum Gasteiger partial charge on any atom is -0.361 e. The number of hydrogen-bond donors (Lipinski definition) is 1. The zero-order valence-corrected chi connectivity index (χ0v) is 14.8. The molecule has 5 nitrogen and oxygen atoms in total. The fourth-order valence-electron chi connectivity index (χ4n) is 3.90. The number of aromatic amines is 1. The first kappa shape index (κ1) is 15.9. The minimum absolute atomic E-state index is 0.212. The molecule has 1 aliphatic rings. The Morgan fingerprint density at radius 2 is 2.24 bits per heavy atom. The van der Waals surface area contributed by atoms with Crippen molar-refractivity contribution in [1.82, 2.24) is 19.4 Å². The van der Waals surface area contributed by atoms with Crippen LogP contribution in [0.1, 0.15) is 35.8 Å². The number of nitrogens with zero attached hydrogens (tertiary/aromatic N) is 3. The van der Waals surface area contributed by atoms with Crippen LogP contribution in [0.15, 0.2) is 36.8 Å². The number of amides is 1. The summed E-state index contributed by atoms with van der Waals surface area (Å²) in [5, 5.41) is 1.15. The lowest BCUT2D eigenvalue weighted by molar-refractivity contribution is -0.132. The predicted octanol–water partition coefficient (Wildman–Crippen LogP) is 3.39. The quantitative estimate of drug-likeness (QED) is 0.797. The molecule has 1 fully saturated rings. The van der Waals surface area contributed by atoms with Crippen molar-refractivity contribution in [3.8, 4) is 0 Å². The second-order valence-corrected chi connectivity index (χ2v) is 7.06.